The van der Waals surface area contributed by atoms with Gasteiger partial charge < -0.3 is 23.6 Å². The molecule has 1 aliphatic heterocycles. The standard InChI is InChI=1S/C16H33N2O5PS/c1-6-22-24(20,23-7-2)25-14-21-15(19)16(3,4)8-9-18-12-10-17(5)11-13-18/h6-14H2,1-5H3. The first-order chi connectivity index (χ1) is 11.7. The van der Waals surface area contributed by atoms with Crippen molar-refractivity contribution in [1.29, 1.82) is 0 Å². The van der Waals surface area contributed by atoms with Crippen molar-refractivity contribution < 1.29 is 23.1 Å². The summed E-state index contributed by atoms with van der Waals surface area (Å²) in [6, 6.07) is 0. The first-order valence-corrected chi connectivity index (χ1v) is 12.0. The number of rotatable bonds is 11. The van der Waals surface area contributed by atoms with E-state index in [9.17, 15) is 9.36 Å². The summed E-state index contributed by atoms with van der Waals surface area (Å²) in [4.78, 5) is 17.0. The fourth-order valence-corrected chi connectivity index (χ4v) is 5.15. The zero-order valence-corrected chi connectivity index (χ0v) is 17.9. The number of esters is 1. The van der Waals surface area contributed by atoms with Crippen molar-refractivity contribution in [1.82, 2.24) is 9.80 Å². The molecule has 0 N–H and O–H groups in total. The summed E-state index contributed by atoms with van der Waals surface area (Å²) >= 11 is 0.916. The summed E-state index contributed by atoms with van der Waals surface area (Å²) in [7, 11) is 2.12. The number of likely N-dealkylation sites (N-methyl/N-ethyl adjacent to an activating group) is 1. The van der Waals surface area contributed by atoms with E-state index in [1.54, 1.807) is 13.8 Å². The number of carbonyl (C=O) groups is 1. The molecule has 1 aliphatic rings. The van der Waals surface area contributed by atoms with Crippen LogP contribution in [0.15, 0.2) is 0 Å². The van der Waals surface area contributed by atoms with Crippen molar-refractivity contribution in [2.75, 3.05) is 58.9 Å². The van der Waals surface area contributed by atoms with Crippen LogP contribution in [0, 0.1) is 5.41 Å². The van der Waals surface area contributed by atoms with Crippen molar-refractivity contribution in [3.05, 3.63) is 0 Å². The van der Waals surface area contributed by atoms with E-state index < -0.39 is 12.2 Å². The largest absolute Gasteiger partial charge is 0.454 e. The summed E-state index contributed by atoms with van der Waals surface area (Å²) < 4.78 is 28.0. The van der Waals surface area contributed by atoms with Crippen molar-refractivity contribution in [3.63, 3.8) is 0 Å². The van der Waals surface area contributed by atoms with Crippen LogP contribution >= 0.6 is 18.2 Å². The number of carbonyl (C=O) groups excluding carboxylic acids is 1. The highest BCUT2D eigenvalue weighted by Gasteiger charge is 2.32. The van der Waals surface area contributed by atoms with Crippen LogP contribution in [0.2, 0.25) is 0 Å². The number of nitrogens with zero attached hydrogens (tertiary/aromatic N) is 2. The minimum atomic E-state index is -3.24. The lowest BCUT2D eigenvalue weighted by Crippen LogP contribution is -2.45. The van der Waals surface area contributed by atoms with Gasteiger partial charge >= 0.3 is 12.8 Å². The third-order valence-corrected chi connectivity index (χ3v) is 7.76. The van der Waals surface area contributed by atoms with Gasteiger partial charge in [0.1, 0.15) is 5.94 Å². The Morgan fingerprint density at radius 3 is 2.20 bits per heavy atom. The summed E-state index contributed by atoms with van der Waals surface area (Å²) in [6.45, 7) is 9.67. The molecule has 0 bridgehead atoms. The van der Waals surface area contributed by atoms with E-state index in [1.165, 1.54) is 0 Å². The molecule has 0 aromatic rings. The van der Waals surface area contributed by atoms with Gasteiger partial charge in [0.2, 0.25) is 0 Å². The molecule has 1 rings (SSSR count). The molecule has 1 heterocycles. The van der Waals surface area contributed by atoms with E-state index in [4.69, 9.17) is 13.8 Å². The van der Waals surface area contributed by atoms with Crippen molar-refractivity contribution >= 4 is 24.1 Å². The van der Waals surface area contributed by atoms with E-state index in [2.05, 4.69) is 16.8 Å². The Bertz CT molecular complexity index is 446. The van der Waals surface area contributed by atoms with Crippen LogP contribution in [0.4, 0.5) is 0 Å². The molecule has 0 saturated carbocycles. The highest BCUT2D eigenvalue weighted by atomic mass is 32.7. The van der Waals surface area contributed by atoms with Gasteiger partial charge in [0.15, 0.2) is 0 Å². The lowest BCUT2D eigenvalue weighted by Gasteiger charge is -2.34. The third kappa shape index (κ3) is 8.41. The van der Waals surface area contributed by atoms with Crippen LogP contribution in [0.1, 0.15) is 34.1 Å². The smallest absolute Gasteiger partial charge is 0.392 e. The maximum Gasteiger partial charge on any atom is 0.392 e. The quantitative estimate of drug-likeness (QED) is 0.300. The molecule has 9 heteroatoms. The zero-order chi connectivity index (χ0) is 18.9. The molecule has 0 radical (unpaired) electrons. The highest BCUT2D eigenvalue weighted by Crippen LogP contribution is 2.60. The van der Waals surface area contributed by atoms with E-state index in [0.717, 1.165) is 50.5 Å². The molecule has 0 spiro atoms. The normalized spacial score (nSPS) is 17.6. The molecule has 0 aliphatic carbocycles. The van der Waals surface area contributed by atoms with Gasteiger partial charge in [0.05, 0.1) is 18.6 Å². The maximum absolute atomic E-state index is 12.4. The van der Waals surface area contributed by atoms with Crippen molar-refractivity contribution in [2.45, 2.75) is 34.1 Å². The molecule has 0 aromatic heterocycles. The SMILES string of the molecule is CCOP(=O)(OCC)SCOC(=O)C(C)(C)CCN1CCN(C)CC1. The summed E-state index contributed by atoms with van der Waals surface area (Å²) in [5.41, 5.74) is -0.578. The van der Waals surface area contributed by atoms with Gasteiger partial charge in [-0.15, -0.1) is 0 Å². The van der Waals surface area contributed by atoms with Gasteiger partial charge in [0.25, 0.3) is 0 Å². The first-order valence-electron chi connectivity index (χ1n) is 8.84. The fourth-order valence-electron chi connectivity index (χ4n) is 2.38. The lowest BCUT2D eigenvalue weighted by atomic mass is 9.89. The lowest BCUT2D eigenvalue weighted by molar-refractivity contribution is -0.152. The molecule has 0 atom stereocenters. The van der Waals surface area contributed by atoms with Gasteiger partial charge in [-0.1, -0.05) is 0 Å². The second-order valence-corrected chi connectivity index (χ2v) is 10.8. The molecular formula is C16H33N2O5PS. The summed E-state index contributed by atoms with van der Waals surface area (Å²) in [5, 5.41) is 0. The van der Waals surface area contributed by atoms with Gasteiger partial charge in [-0.25, -0.2) is 4.57 Å². The second-order valence-electron chi connectivity index (χ2n) is 6.74. The topological polar surface area (TPSA) is 68.3 Å². The summed E-state index contributed by atoms with van der Waals surface area (Å²) in [5.74, 6) is -0.317. The van der Waals surface area contributed by atoms with E-state index in [1.807, 2.05) is 13.8 Å². The molecule has 1 fully saturated rings. The van der Waals surface area contributed by atoms with E-state index in [0.29, 0.717) is 0 Å². The Kier molecular flexibility index (Phi) is 10.00. The first kappa shape index (κ1) is 22.9. The van der Waals surface area contributed by atoms with Crippen LogP contribution in [0.5, 0.6) is 0 Å². The average Bonchev–Trinajstić information content (AvgIpc) is 2.54. The average molecular weight is 396 g/mol. The van der Waals surface area contributed by atoms with E-state index >= 15 is 0 Å². The Morgan fingerprint density at radius 2 is 1.68 bits per heavy atom. The van der Waals surface area contributed by atoms with Gasteiger partial charge in [-0.05, 0) is 47.7 Å². The molecule has 7 nitrogen and oxygen atoms in total. The van der Waals surface area contributed by atoms with Gasteiger partial charge in [-0.2, -0.15) is 0 Å². The molecule has 148 valence electrons. The van der Waals surface area contributed by atoms with Gasteiger partial charge in [0, 0.05) is 37.6 Å². The number of ether oxygens (including phenoxy) is 1. The monoisotopic (exact) mass is 396 g/mol. The molecule has 0 aromatic carbocycles. The maximum atomic E-state index is 12.4. The van der Waals surface area contributed by atoms with Crippen LogP contribution in [-0.2, 0) is 23.1 Å². The number of piperazine rings is 1. The van der Waals surface area contributed by atoms with Crippen LogP contribution in [-0.4, -0.2) is 74.7 Å². The Labute approximate surface area is 156 Å². The molecule has 25 heavy (non-hydrogen) atoms. The van der Waals surface area contributed by atoms with Crippen molar-refractivity contribution in [2.24, 2.45) is 5.41 Å². The Balaban J connectivity index is 2.37. The zero-order valence-electron chi connectivity index (χ0n) is 16.2. The minimum Gasteiger partial charge on any atom is -0.454 e. The number of hydrogen-bond donors (Lipinski definition) is 0. The summed E-state index contributed by atoms with van der Waals surface area (Å²) in [6.07, 6.45) is 0.731. The highest BCUT2D eigenvalue weighted by molar-refractivity contribution is 8.55. The molecule has 0 unspecified atom stereocenters. The van der Waals surface area contributed by atoms with Crippen LogP contribution in [0.25, 0.3) is 0 Å². The minimum absolute atomic E-state index is 0.0337. The van der Waals surface area contributed by atoms with Crippen LogP contribution in [0.3, 0.4) is 0 Å². The Hall–Kier alpha value is -0.110. The van der Waals surface area contributed by atoms with Crippen LogP contribution < -0.4 is 0 Å². The Morgan fingerprint density at radius 1 is 1.12 bits per heavy atom. The van der Waals surface area contributed by atoms with E-state index in [-0.39, 0.29) is 25.1 Å². The second kappa shape index (κ2) is 10.9. The third-order valence-electron chi connectivity index (χ3n) is 4.18. The molecular weight excluding hydrogens is 363 g/mol. The predicted molar refractivity (Wildman–Crippen MR) is 102 cm³/mol. The molecule has 1 saturated heterocycles. The predicted octanol–water partition coefficient (Wildman–Crippen LogP) is 3.07. The fraction of sp³-hybridized carbons (Fsp3) is 0.938. The molecule has 0 amide bonds. The number of hydrogen-bond acceptors (Lipinski definition) is 8. The van der Waals surface area contributed by atoms with Gasteiger partial charge in [-0.3, -0.25) is 4.79 Å². The van der Waals surface area contributed by atoms with Crippen molar-refractivity contribution in [3.8, 4) is 0 Å².